The molecular formula is C33H32N2O2. The number of carbonyl (C=O) groups is 1. The molecule has 0 radical (unpaired) electrons. The first-order chi connectivity index (χ1) is 18.2. The first-order valence-electron chi connectivity index (χ1n) is 13.2. The van der Waals surface area contributed by atoms with E-state index in [2.05, 4.69) is 89.9 Å². The summed E-state index contributed by atoms with van der Waals surface area (Å²) >= 11 is 0. The van der Waals surface area contributed by atoms with Gasteiger partial charge in [-0.2, -0.15) is 0 Å². The summed E-state index contributed by atoms with van der Waals surface area (Å²) in [6.07, 6.45) is 2.49. The largest absolute Gasteiger partial charge is 0.445 e. The average Bonchev–Trinajstić information content (AvgIpc) is 2.95. The highest BCUT2D eigenvalue weighted by Gasteiger charge is 2.41. The van der Waals surface area contributed by atoms with Crippen LogP contribution in [0.5, 0.6) is 0 Å². The lowest BCUT2D eigenvalue weighted by Gasteiger charge is -2.50. The average molecular weight is 489 g/mol. The van der Waals surface area contributed by atoms with Gasteiger partial charge in [-0.05, 0) is 54.0 Å². The number of amides is 1. The van der Waals surface area contributed by atoms with E-state index in [4.69, 9.17) is 4.74 Å². The Kier molecular flexibility index (Phi) is 6.40. The standard InChI is InChI=1S/C33H32N2O2/c1-23-15-17-26(18-16-23)31-21-29(34-33(36)37-22-24-9-4-2-5-10-24)28-14-8-13-27-19-20-30(35(31)32(27)28)25-11-6-3-7-12-25/h2-18,29-31H,19-22H2,1H3,(H,34,36)/t29-,30+,31-/m0/s1. The number of benzene rings is 4. The third-order valence-corrected chi connectivity index (χ3v) is 7.75. The number of nitrogens with one attached hydrogen (secondary N) is 1. The third kappa shape index (κ3) is 4.72. The summed E-state index contributed by atoms with van der Waals surface area (Å²) in [5.74, 6) is 0. The van der Waals surface area contributed by atoms with E-state index in [0.717, 1.165) is 24.8 Å². The number of ether oxygens (including phenoxy) is 1. The first-order valence-corrected chi connectivity index (χ1v) is 13.2. The van der Waals surface area contributed by atoms with E-state index >= 15 is 0 Å². The van der Waals surface area contributed by atoms with Crippen LogP contribution in [0.15, 0.2) is 103 Å². The molecule has 0 saturated carbocycles. The van der Waals surface area contributed by atoms with Crippen molar-refractivity contribution in [1.29, 1.82) is 0 Å². The van der Waals surface area contributed by atoms with E-state index in [1.165, 1.54) is 33.5 Å². The fourth-order valence-corrected chi connectivity index (χ4v) is 5.96. The molecule has 6 rings (SSSR count). The number of anilines is 1. The Morgan fingerprint density at radius 1 is 0.838 bits per heavy atom. The van der Waals surface area contributed by atoms with E-state index < -0.39 is 0 Å². The number of para-hydroxylation sites is 1. The second kappa shape index (κ2) is 10.1. The SMILES string of the molecule is Cc1ccc([C@@H]2C[C@H](NC(=O)OCc3ccccc3)c3cccc4c3N2[C@@H](c2ccccc2)CC4)cc1. The van der Waals surface area contributed by atoms with Crippen LogP contribution in [-0.4, -0.2) is 6.09 Å². The summed E-state index contributed by atoms with van der Waals surface area (Å²) in [5.41, 5.74) is 8.65. The van der Waals surface area contributed by atoms with Crippen molar-refractivity contribution in [3.8, 4) is 0 Å². The van der Waals surface area contributed by atoms with Crippen molar-refractivity contribution in [2.24, 2.45) is 0 Å². The second-order valence-corrected chi connectivity index (χ2v) is 10.1. The fourth-order valence-electron chi connectivity index (χ4n) is 5.96. The number of nitrogens with zero attached hydrogens (tertiary/aromatic N) is 1. The highest BCUT2D eigenvalue weighted by Crippen LogP contribution is 2.52. The molecule has 2 aliphatic heterocycles. The molecular weight excluding hydrogens is 456 g/mol. The highest BCUT2D eigenvalue weighted by atomic mass is 16.5. The van der Waals surface area contributed by atoms with Crippen LogP contribution in [0, 0.1) is 6.92 Å². The minimum atomic E-state index is -0.377. The maximum atomic E-state index is 13.0. The third-order valence-electron chi connectivity index (χ3n) is 7.75. The van der Waals surface area contributed by atoms with E-state index in [-0.39, 0.29) is 30.8 Å². The normalized spacial score (nSPS) is 20.1. The number of hydrogen-bond acceptors (Lipinski definition) is 3. The van der Waals surface area contributed by atoms with Gasteiger partial charge in [-0.1, -0.05) is 109 Å². The van der Waals surface area contributed by atoms with Crippen molar-refractivity contribution in [3.63, 3.8) is 0 Å². The Morgan fingerprint density at radius 3 is 2.30 bits per heavy atom. The van der Waals surface area contributed by atoms with Crippen molar-refractivity contribution >= 4 is 11.8 Å². The van der Waals surface area contributed by atoms with Crippen molar-refractivity contribution in [1.82, 2.24) is 5.32 Å². The monoisotopic (exact) mass is 488 g/mol. The molecule has 0 aliphatic carbocycles. The zero-order valence-electron chi connectivity index (χ0n) is 21.1. The van der Waals surface area contributed by atoms with Crippen molar-refractivity contribution in [3.05, 3.63) is 137 Å². The number of aryl methyl sites for hydroxylation is 2. The molecule has 4 aromatic rings. The maximum absolute atomic E-state index is 13.0. The molecule has 3 atom stereocenters. The van der Waals surface area contributed by atoms with Crippen LogP contribution in [0.25, 0.3) is 0 Å². The molecule has 0 saturated heterocycles. The second-order valence-electron chi connectivity index (χ2n) is 10.1. The van der Waals surface area contributed by atoms with Gasteiger partial charge in [0.1, 0.15) is 6.61 Å². The molecule has 0 fully saturated rings. The summed E-state index contributed by atoms with van der Waals surface area (Å²) < 4.78 is 5.63. The van der Waals surface area contributed by atoms with Gasteiger partial charge in [0, 0.05) is 5.69 Å². The minimum Gasteiger partial charge on any atom is -0.445 e. The molecule has 2 heterocycles. The zero-order valence-corrected chi connectivity index (χ0v) is 21.1. The van der Waals surface area contributed by atoms with E-state index in [0.29, 0.717) is 0 Å². The van der Waals surface area contributed by atoms with Crippen LogP contribution in [-0.2, 0) is 17.8 Å². The van der Waals surface area contributed by atoms with E-state index in [1.807, 2.05) is 30.3 Å². The Hall–Kier alpha value is -4.05. The van der Waals surface area contributed by atoms with Crippen LogP contribution in [0.4, 0.5) is 10.5 Å². The van der Waals surface area contributed by atoms with Gasteiger partial charge >= 0.3 is 6.09 Å². The Labute approximate surface area is 218 Å². The fraction of sp³-hybridized carbons (Fsp3) is 0.242. The van der Waals surface area contributed by atoms with Crippen LogP contribution in [0.3, 0.4) is 0 Å². The molecule has 0 aromatic heterocycles. The van der Waals surface area contributed by atoms with Gasteiger partial charge in [0.2, 0.25) is 0 Å². The Balaban J connectivity index is 1.36. The van der Waals surface area contributed by atoms with E-state index in [9.17, 15) is 4.79 Å². The van der Waals surface area contributed by atoms with Gasteiger partial charge in [-0.25, -0.2) is 4.79 Å². The Bertz CT molecular complexity index is 1370. The van der Waals surface area contributed by atoms with Gasteiger partial charge in [0.25, 0.3) is 0 Å². The van der Waals surface area contributed by atoms with Crippen molar-refractivity contribution < 1.29 is 9.53 Å². The quantitative estimate of drug-likeness (QED) is 0.314. The molecule has 37 heavy (non-hydrogen) atoms. The molecule has 1 amide bonds. The lowest BCUT2D eigenvalue weighted by molar-refractivity contribution is 0.134. The summed E-state index contributed by atoms with van der Waals surface area (Å²) in [4.78, 5) is 15.6. The van der Waals surface area contributed by atoms with Gasteiger partial charge in [-0.15, -0.1) is 0 Å². The molecule has 1 N–H and O–H groups in total. The van der Waals surface area contributed by atoms with Gasteiger partial charge < -0.3 is 15.0 Å². The van der Waals surface area contributed by atoms with Crippen LogP contribution in [0.1, 0.15) is 64.3 Å². The van der Waals surface area contributed by atoms with E-state index in [1.54, 1.807) is 0 Å². The molecule has 186 valence electrons. The molecule has 0 spiro atoms. The van der Waals surface area contributed by atoms with Gasteiger partial charge in [0.15, 0.2) is 0 Å². The summed E-state index contributed by atoms with van der Waals surface area (Å²) in [6, 6.07) is 36.4. The molecule has 4 heteroatoms. The summed E-state index contributed by atoms with van der Waals surface area (Å²) in [6.45, 7) is 2.38. The number of carbonyl (C=O) groups excluding carboxylic acids is 1. The number of alkyl carbamates (subject to hydrolysis) is 1. The molecule has 4 nitrogen and oxygen atoms in total. The maximum Gasteiger partial charge on any atom is 0.407 e. The van der Waals surface area contributed by atoms with Crippen LogP contribution < -0.4 is 10.2 Å². The summed E-state index contributed by atoms with van der Waals surface area (Å²) in [5, 5.41) is 3.22. The topological polar surface area (TPSA) is 41.6 Å². The van der Waals surface area contributed by atoms with Crippen molar-refractivity contribution in [2.75, 3.05) is 4.90 Å². The van der Waals surface area contributed by atoms with Crippen LogP contribution in [0.2, 0.25) is 0 Å². The molecule has 0 unspecified atom stereocenters. The zero-order chi connectivity index (χ0) is 25.2. The summed E-state index contributed by atoms with van der Waals surface area (Å²) in [7, 11) is 0. The smallest absolute Gasteiger partial charge is 0.407 e. The predicted molar refractivity (Wildman–Crippen MR) is 147 cm³/mol. The minimum absolute atomic E-state index is 0.129. The predicted octanol–water partition coefficient (Wildman–Crippen LogP) is 7.60. The van der Waals surface area contributed by atoms with Gasteiger partial charge in [-0.3, -0.25) is 0 Å². The number of rotatable bonds is 5. The highest BCUT2D eigenvalue weighted by molar-refractivity contribution is 5.72. The van der Waals surface area contributed by atoms with Gasteiger partial charge in [0.05, 0.1) is 18.1 Å². The molecule has 0 bridgehead atoms. The molecule has 2 aliphatic rings. The molecule has 4 aromatic carbocycles. The lowest BCUT2D eigenvalue weighted by Crippen LogP contribution is -2.44. The Morgan fingerprint density at radius 2 is 1.54 bits per heavy atom. The van der Waals surface area contributed by atoms with Crippen molar-refractivity contribution in [2.45, 2.75) is 50.9 Å². The first kappa shape index (κ1) is 23.4. The van der Waals surface area contributed by atoms with Crippen LogP contribution >= 0.6 is 0 Å². The lowest BCUT2D eigenvalue weighted by atomic mass is 9.79. The number of hydrogen-bond donors (Lipinski definition) is 1.